The highest BCUT2D eigenvalue weighted by molar-refractivity contribution is 5.88. The molecule has 6 rings (SSSR count). The van der Waals surface area contributed by atoms with Crippen molar-refractivity contribution in [1.29, 1.82) is 0 Å². The third-order valence-electron chi connectivity index (χ3n) is 6.58. The number of anilines is 1. The summed E-state index contributed by atoms with van der Waals surface area (Å²) in [7, 11) is 0. The maximum Gasteiger partial charge on any atom is 0.341 e. The molecule has 1 aliphatic heterocycles. The Bertz CT molecular complexity index is 1610. The van der Waals surface area contributed by atoms with Gasteiger partial charge in [0.05, 0.1) is 44.5 Å². The molecule has 0 aliphatic carbocycles. The molecule has 0 amide bonds. The van der Waals surface area contributed by atoms with Crippen molar-refractivity contribution in [2.75, 3.05) is 37.8 Å². The summed E-state index contributed by atoms with van der Waals surface area (Å²) in [6, 6.07) is 18.3. The van der Waals surface area contributed by atoms with E-state index in [1.54, 1.807) is 19.4 Å². The van der Waals surface area contributed by atoms with Crippen LogP contribution in [0.4, 0.5) is 5.69 Å². The third kappa shape index (κ3) is 5.50. The van der Waals surface area contributed by atoms with Gasteiger partial charge in [0.2, 0.25) is 5.88 Å². The molecule has 1 saturated heterocycles. The van der Waals surface area contributed by atoms with Gasteiger partial charge in [-0.05, 0) is 30.2 Å². The number of benzene rings is 2. The molecule has 0 bridgehead atoms. The second kappa shape index (κ2) is 11.5. The van der Waals surface area contributed by atoms with Crippen LogP contribution >= 0.6 is 0 Å². The van der Waals surface area contributed by atoms with Crippen LogP contribution in [-0.2, 0) is 22.6 Å². The van der Waals surface area contributed by atoms with Crippen molar-refractivity contribution in [3.8, 4) is 11.8 Å². The normalized spacial score (nSPS) is 13.5. The molecule has 4 heterocycles. The first-order valence-corrected chi connectivity index (χ1v) is 13.2. The number of rotatable bonds is 9. The first-order valence-electron chi connectivity index (χ1n) is 13.2. The Morgan fingerprint density at radius 1 is 1.02 bits per heavy atom. The topological polar surface area (TPSA) is 109 Å². The van der Waals surface area contributed by atoms with Crippen LogP contribution in [0, 0.1) is 0 Å². The van der Waals surface area contributed by atoms with E-state index in [9.17, 15) is 4.79 Å². The van der Waals surface area contributed by atoms with Gasteiger partial charge in [0, 0.05) is 25.0 Å². The molecule has 1 aliphatic rings. The van der Waals surface area contributed by atoms with Crippen LogP contribution in [0.5, 0.6) is 5.88 Å². The number of carbonyl (C=O) groups excluding carboxylic acids is 1. The zero-order valence-corrected chi connectivity index (χ0v) is 22.1. The van der Waals surface area contributed by atoms with Gasteiger partial charge in [0.25, 0.3) is 5.95 Å². The number of imidazole rings is 1. The van der Waals surface area contributed by atoms with Crippen molar-refractivity contribution in [1.82, 2.24) is 29.3 Å². The lowest BCUT2D eigenvalue weighted by atomic mass is 10.1. The largest absolute Gasteiger partial charge is 0.471 e. The molecule has 40 heavy (non-hydrogen) atoms. The van der Waals surface area contributed by atoms with Crippen LogP contribution in [0.1, 0.15) is 28.4 Å². The minimum absolute atomic E-state index is 0.259. The van der Waals surface area contributed by atoms with Crippen molar-refractivity contribution in [3.05, 3.63) is 90.0 Å². The molecule has 1 fully saturated rings. The van der Waals surface area contributed by atoms with Gasteiger partial charge >= 0.3 is 5.97 Å². The molecule has 0 radical (unpaired) electrons. The molecule has 0 spiro atoms. The van der Waals surface area contributed by atoms with Crippen LogP contribution < -0.4 is 9.64 Å². The van der Waals surface area contributed by atoms with Crippen LogP contribution in [0.25, 0.3) is 17.1 Å². The summed E-state index contributed by atoms with van der Waals surface area (Å²) in [5, 5.41) is 4.31. The van der Waals surface area contributed by atoms with Crippen LogP contribution in [0.2, 0.25) is 0 Å². The number of esters is 1. The summed E-state index contributed by atoms with van der Waals surface area (Å²) in [6.45, 7) is 6.09. The first-order chi connectivity index (χ1) is 19.7. The lowest BCUT2D eigenvalue weighted by Crippen LogP contribution is -2.36. The van der Waals surface area contributed by atoms with Crippen LogP contribution in [0.3, 0.4) is 0 Å². The third-order valence-corrected chi connectivity index (χ3v) is 6.58. The van der Waals surface area contributed by atoms with Gasteiger partial charge in [-0.3, -0.25) is 0 Å². The minimum atomic E-state index is -0.458. The van der Waals surface area contributed by atoms with Crippen molar-refractivity contribution >= 4 is 22.8 Å². The number of ether oxygens (including phenoxy) is 3. The summed E-state index contributed by atoms with van der Waals surface area (Å²) in [5.74, 6) is 0.133. The van der Waals surface area contributed by atoms with E-state index in [4.69, 9.17) is 19.2 Å². The van der Waals surface area contributed by atoms with Gasteiger partial charge in [-0.1, -0.05) is 42.5 Å². The molecule has 3 aromatic heterocycles. The quantitative estimate of drug-likeness (QED) is 0.259. The molecular weight excluding hydrogens is 510 g/mol. The fraction of sp³-hybridized carbons (Fsp3) is 0.276. The second-order valence-electron chi connectivity index (χ2n) is 9.31. The highest BCUT2D eigenvalue weighted by atomic mass is 16.5. The zero-order valence-electron chi connectivity index (χ0n) is 22.1. The lowest BCUT2D eigenvalue weighted by molar-refractivity contribution is 0.0526. The fourth-order valence-corrected chi connectivity index (χ4v) is 4.57. The Hall–Kier alpha value is -4.77. The average Bonchev–Trinajstić information content (AvgIpc) is 3.65. The van der Waals surface area contributed by atoms with Gasteiger partial charge < -0.3 is 23.7 Å². The van der Waals surface area contributed by atoms with E-state index in [1.165, 1.54) is 10.9 Å². The molecular formula is C29H29N7O4. The Kier molecular flexibility index (Phi) is 7.36. The van der Waals surface area contributed by atoms with E-state index in [1.807, 2.05) is 34.9 Å². The van der Waals surface area contributed by atoms with Gasteiger partial charge in [-0.2, -0.15) is 15.1 Å². The molecule has 2 aromatic carbocycles. The highest BCUT2D eigenvalue weighted by Crippen LogP contribution is 2.25. The SMILES string of the molecule is CCOC(=O)c1cnn(-c2nc(OCc3ccccc3)c3ncn(Cc4cccc(N5CCOCC5)c4)c3n2)c1. The van der Waals surface area contributed by atoms with Crippen molar-refractivity contribution in [3.63, 3.8) is 0 Å². The lowest BCUT2D eigenvalue weighted by Gasteiger charge is -2.29. The molecule has 0 atom stereocenters. The molecule has 0 saturated carbocycles. The van der Waals surface area contributed by atoms with E-state index < -0.39 is 5.97 Å². The number of morpholine rings is 1. The average molecular weight is 540 g/mol. The van der Waals surface area contributed by atoms with Gasteiger partial charge in [-0.25, -0.2) is 14.5 Å². The monoisotopic (exact) mass is 539 g/mol. The molecule has 0 N–H and O–H groups in total. The second-order valence-corrected chi connectivity index (χ2v) is 9.31. The zero-order chi connectivity index (χ0) is 27.3. The summed E-state index contributed by atoms with van der Waals surface area (Å²) >= 11 is 0. The number of fused-ring (bicyclic) bond motifs is 1. The number of carbonyl (C=O) groups is 1. The smallest absolute Gasteiger partial charge is 0.341 e. The Balaban J connectivity index is 1.35. The predicted octanol–water partition coefficient (Wildman–Crippen LogP) is 3.65. The molecule has 204 valence electrons. The van der Waals surface area contributed by atoms with Gasteiger partial charge in [-0.15, -0.1) is 0 Å². The summed E-state index contributed by atoms with van der Waals surface area (Å²) in [4.78, 5) is 28.6. The number of aromatic nitrogens is 6. The summed E-state index contributed by atoms with van der Waals surface area (Å²) in [6.07, 6.45) is 4.73. The van der Waals surface area contributed by atoms with Crippen LogP contribution in [0.15, 0.2) is 73.3 Å². The van der Waals surface area contributed by atoms with Crippen molar-refractivity contribution in [2.24, 2.45) is 0 Å². The highest BCUT2D eigenvalue weighted by Gasteiger charge is 2.19. The molecule has 0 unspecified atom stereocenters. The maximum atomic E-state index is 12.2. The van der Waals surface area contributed by atoms with Crippen molar-refractivity contribution in [2.45, 2.75) is 20.1 Å². The Morgan fingerprint density at radius 3 is 2.67 bits per heavy atom. The van der Waals surface area contributed by atoms with E-state index in [0.717, 1.165) is 43.1 Å². The fourth-order valence-electron chi connectivity index (χ4n) is 4.57. The Morgan fingerprint density at radius 2 is 1.85 bits per heavy atom. The Labute approximate surface area is 231 Å². The molecule has 5 aromatic rings. The standard InChI is InChI=1S/C29H29N7O4/c1-2-39-28(37)23-16-31-36(18-23)29-32-26-25(27(33-29)40-19-21-7-4-3-5-8-21)30-20-35(26)17-22-9-6-10-24(15-22)34-11-13-38-14-12-34/h3-10,15-16,18,20H,2,11-14,17,19H2,1H3. The summed E-state index contributed by atoms with van der Waals surface area (Å²) in [5.41, 5.74) is 4.72. The van der Waals surface area contributed by atoms with E-state index >= 15 is 0 Å². The predicted molar refractivity (Wildman–Crippen MR) is 148 cm³/mol. The van der Waals surface area contributed by atoms with E-state index in [0.29, 0.717) is 35.8 Å². The van der Waals surface area contributed by atoms with Gasteiger partial charge in [0.15, 0.2) is 11.2 Å². The first kappa shape index (κ1) is 25.5. The minimum Gasteiger partial charge on any atom is -0.471 e. The maximum absolute atomic E-state index is 12.2. The number of hydrogen-bond donors (Lipinski definition) is 0. The van der Waals surface area contributed by atoms with E-state index in [2.05, 4.69) is 44.2 Å². The molecule has 11 nitrogen and oxygen atoms in total. The summed E-state index contributed by atoms with van der Waals surface area (Å²) < 4.78 is 20.2. The van der Waals surface area contributed by atoms with Crippen LogP contribution in [-0.4, -0.2) is 68.2 Å². The number of nitrogens with zero attached hydrogens (tertiary/aromatic N) is 7. The van der Waals surface area contributed by atoms with Crippen molar-refractivity contribution < 1.29 is 19.0 Å². The molecule has 11 heteroatoms. The number of hydrogen-bond acceptors (Lipinski definition) is 9. The van der Waals surface area contributed by atoms with E-state index in [-0.39, 0.29) is 12.6 Å². The van der Waals surface area contributed by atoms with Gasteiger partial charge in [0.1, 0.15) is 6.61 Å².